The number of nitrogens with one attached hydrogen (secondary N) is 2. The maximum Gasteiger partial charge on any atom is 0.224 e. The number of rotatable bonds is 6. The molecule has 136 valence electrons. The molecule has 2 N–H and O–H groups in total. The molecular weight excluding hydrogens is 354 g/mol. The molecule has 3 rings (SSSR count). The first-order valence-electron chi connectivity index (χ1n) is 8.03. The summed E-state index contributed by atoms with van der Waals surface area (Å²) in [6.45, 7) is 3.53. The van der Waals surface area contributed by atoms with Gasteiger partial charge in [-0.3, -0.25) is 14.5 Å². The largest absolute Gasteiger partial charge is 0.497 e. The fourth-order valence-corrected chi connectivity index (χ4v) is 2.84. The van der Waals surface area contributed by atoms with Gasteiger partial charge in [0.25, 0.3) is 0 Å². The summed E-state index contributed by atoms with van der Waals surface area (Å²) in [5.41, 5.74) is 2.12. The van der Waals surface area contributed by atoms with E-state index >= 15 is 0 Å². The number of methoxy groups -OCH3 is 1. The van der Waals surface area contributed by atoms with E-state index in [9.17, 15) is 4.79 Å². The number of hydrogen-bond acceptors (Lipinski definition) is 6. The molecule has 26 heavy (non-hydrogen) atoms. The van der Waals surface area contributed by atoms with Crippen LogP contribution in [-0.2, 0) is 11.2 Å². The van der Waals surface area contributed by atoms with E-state index in [1.807, 2.05) is 24.3 Å². The van der Waals surface area contributed by atoms with Crippen LogP contribution in [0.2, 0.25) is 0 Å². The van der Waals surface area contributed by atoms with Crippen LogP contribution in [0.15, 0.2) is 28.8 Å². The highest BCUT2D eigenvalue weighted by atomic mass is 32.1. The number of H-pyrrole nitrogens is 1. The lowest BCUT2D eigenvalue weighted by molar-refractivity contribution is -0.116. The Morgan fingerprint density at radius 3 is 2.69 bits per heavy atom. The minimum atomic E-state index is -0.144. The molecule has 8 nitrogen and oxygen atoms in total. The number of ether oxygens (including phenoxy) is 1. The van der Waals surface area contributed by atoms with Crippen molar-refractivity contribution < 1.29 is 14.1 Å². The van der Waals surface area contributed by atoms with Gasteiger partial charge in [-0.2, -0.15) is 5.10 Å². The highest BCUT2D eigenvalue weighted by Crippen LogP contribution is 2.20. The second-order valence-electron chi connectivity index (χ2n) is 5.73. The first kappa shape index (κ1) is 17.9. The Morgan fingerprint density at radius 1 is 1.35 bits per heavy atom. The van der Waals surface area contributed by atoms with Crippen molar-refractivity contribution in [3.8, 4) is 11.4 Å². The summed E-state index contributed by atoms with van der Waals surface area (Å²) < 4.78 is 12.5. The van der Waals surface area contributed by atoms with Crippen molar-refractivity contribution >= 4 is 23.8 Å². The van der Waals surface area contributed by atoms with Gasteiger partial charge in [0.05, 0.1) is 7.11 Å². The Bertz CT molecular complexity index is 952. The molecule has 0 aliphatic carbocycles. The predicted molar refractivity (Wildman–Crippen MR) is 98.2 cm³/mol. The minimum Gasteiger partial charge on any atom is -0.497 e. The highest BCUT2D eigenvalue weighted by Gasteiger charge is 2.14. The first-order valence-corrected chi connectivity index (χ1v) is 8.44. The molecule has 0 aliphatic rings. The van der Waals surface area contributed by atoms with Crippen molar-refractivity contribution in [1.82, 2.24) is 19.9 Å². The Hall–Kier alpha value is -2.94. The zero-order valence-electron chi connectivity index (χ0n) is 14.7. The zero-order valence-corrected chi connectivity index (χ0v) is 15.5. The van der Waals surface area contributed by atoms with Gasteiger partial charge in [-0.1, -0.05) is 5.16 Å². The predicted octanol–water partition coefficient (Wildman–Crippen LogP) is 3.11. The van der Waals surface area contributed by atoms with Crippen molar-refractivity contribution in [2.24, 2.45) is 0 Å². The molecule has 1 amide bonds. The van der Waals surface area contributed by atoms with E-state index in [0.29, 0.717) is 34.2 Å². The van der Waals surface area contributed by atoms with Crippen LogP contribution >= 0.6 is 12.2 Å². The zero-order chi connectivity index (χ0) is 18.7. The van der Waals surface area contributed by atoms with E-state index in [4.69, 9.17) is 21.5 Å². The molecule has 0 saturated carbocycles. The number of amides is 1. The topological polar surface area (TPSA) is 98.0 Å². The van der Waals surface area contributed by atoms with Crippen molar-refractivity contribution in [3.05, 3.63) is 46.3 Å². The molecule has 2 heterocycles. The number of aromatic nitrogens is 4. The molecule has 0 aliphatic heterocycles. The number of benzene rings is 1. The van der Waals surface area contributed by atoms with Gasteiger partial charge in [-0.25, -0.2) is 0 Å². The number of anilines is 1. The average molecular weight is 373 g/mol. The minimum absolute atomic E-state index is 0.144. The number of hydrogen-bond donors (Lipinski definition) is 2. The van der Waals surface area contributed by atoms with Crippen LogP contribution in [-0.4, -0.2) is 32.9 Å². The number of nitrogens with zero attached hydrogens (tertiary/aromatic N) is 3. The summed E-state index contributed by atoms with van der Waals surface area (Å²) in [7, 11) is 1.61. The maximum atomic E-state index is 12.3. The summed E-state index contributed by atoms with van der Waals surface area (Å²) in [4.78, 5) is 12.3. The molecule has 0 bridgehead atoms. The van der Waals surface area contributed by atoms with E-state index in [2.05, 4.69) is 20.7 Å². The quantitative estimate of drug-likeness (QED) is 0.644. The third-order valence-electron chi connectivity index (χ3n) is 3.95. The Balaban J connectivity index is 1.72. The van der Waals surface area contributed by atoms with Gasteiger partial charge < -0.3 is 14.6 Å². The van der Waals surface area contributed by atoms with Crippen molar-refractivity contribution in [2.75, 3.05) is 12.4 Å². The molecule has 0 fully saturated rings. The van der Waals surface area contributed by atoms with Gasteiger partial charge in [0, 0.05) is 18.5 Å². The Labute approximate surface area is 155 Å². The number of aromatic amines is 1. The SMILES string of the molecule is COc1ccc(-n2c(CCC(=O)Nc3c(C)noc3C)n[nH]c2=S)cc1. The number of aryl methyl sites for hydroxylation is 3. The molecule has 1 aromatic carbocycles. The second-order valence-corrected chi connectivity index (χ2v) is 6.11. The lowest BCUT2D eigenvalue weighted by Crippen LogP contribution is -2.14. The standard InChI is InChI=1S/C17H19N5O3S/c1-10-16(11(2)25-21-10)18-15(23)9-8-14-19-20-17(26)22(14)12-4-6-13(24-3)7-5-12/h4-7H,8-9H2,1-3H3,(H,18,23)(H,20,26). The van der Waals surface area contributed by atoms with Crippen LogP contribution in [0.4, 0.5) is 5.69 Å². The molecular formula is C17H19N5O3S. The van der Waals surface area contributed by atoms with Crippen molar-refractivity contribution in [2.45, 2.75) is 26.7 Å². The molecule has 2 aromatic heterocycles. The van der Waals surface area contributed by atoms with Crippen LogP contribution < -0.4 is 10.1 Å². The molecule has 0 spiro atoms. The smallest absolute Gasteiger partial charge is 0.224 e. The van der Waals surface area contributed by atoms with Gasteiger partial charge in [-0.15, -0.1) is 0 Å². The van der Waals surface area contributed by atoms with Crippen LogP contribution in [0.1, 0.15) is 23.7 Å². The molecule has 9 heteroatoms. The third-order valence-corrected chi connectivity index (χ3v) is 4.22. The van der Waals surface area contributed by atoms with E-state index in [1.54, 1.807) is 25.5 Å². The van der Waals surface area contributed by atoms with Gasteiger partial charge in [0.15, 0.2) is 10.5 Å². The fraction of sp³-hybridized carbons (Fsp3) is 0.294. The lowest BCUT2D eigenvalue weighted by Gasteiger charge is -2.08. The van der Waals surface area contributed by atoms with Gasteiger partial charge in [0.1, 0.15) is 23.0 Å². The summed E-state index contributed by atoms with van der Waals surface area (Å²) in [6, 6.07) is 7.46. The first-order chi connectivity index (χ1) is 12.5. The normalized spacial score (nSPS) is 10.7. The summed E-state index contributed by atoms with van der Waals surface area (Å²) in [6.07, 6.45) is 0.675. The van der Waals surface area contributed by atoms with Gasteiger partial charge in [0.2, 0.25) is 5.91 Å². The second kappa shape index (κ2) is 7.52. The van der Waals surface area contributed by atoms with E-state index < -0.39 is 0 Å². The molecule has 0 atom stereocenters. The van der Waals surface area contributed by atoms with Gasteiger partial charge >= 0.3 is 0 Å². The van der Waals surface area contributed by atoms with Crippen LogP contribution in [0, 0.1) is 18.6 Å². The Morgan fingerprint density at radius 2 is 2.08 bits per heavy atom. The molecule has 0 saturated heterocycles. The van der Waals surface area contributed by atoms with E-state index in [-0.39, 0.29) is 12.3 Å². The maximum absolute atomic E-state index is 12.3. The number of carbonyl (C=O) groups excluding carboxylic acids is 1. The monoisotopic (exact) mass is 373 g/mol. The highest BCUT2D eigenvalue weighted by molar-refractivity contribution is 7.71. The summed E-state index contributed by atoms with van der Waals surface area (Å²) in [5.74, 6) is 1.87. The van der Waals surface area contributed by atoms with E-state index in [1.165, 1.54) is 0 Å². The van der Waals surface area contributed by atoms with E-state index in [0.717, 1.165) is 11.4 Å². The average Bonchev–Trinajstić information content (AvgIpc) is 3.17. The van der Waals surface area contributed by atoms with Crippen LogP contribution in [0.5, 0.6) is 5.75 Å². The summed E-state index contributed by atoms with van der Waals surface area (Å²) in [5, 5.41) is 13.7. The van der Waals surface area contributed by atoms with Crippen molar-refractivity contribution in [3.63, 3.8) is 0 Å². The van der Waals surface area contributed by atoms with Crippen LogP contribution in [0.3, 0.4) is 0 Å². The molecule has 3 aromatic rings. The van der Waals surface area contributed by atoms with Gasteiger partial charge in [-0.05, 0) is 50.3 Å². The third kappa shape index (κ3) is 3.67. The van der Waals surface area contributed by atoms with Crippen molar-refractivity contribution in [1.29, 1.82) is 0 Å². The summed E-state index contributed by atoms with van der Waals surface area (Å²) >= 11 is 5.32. The molecule has 0 radical (unpaired) electrons. The number of carbonyl (C=O) groups is 1. The lowest BCUT2D eigenvalue weighted by atomic mass is 10.2. The fourth-order valence-electron chi connectivity index (χ4n) is 2.58. The molecule has 0 unspecified atom stereocenters. The Kier molecular flexibility index (Phi) is 5.17. The van der Waals surface area contributed by atoms with Crippen LogP contribution in [0.25, 0.3) is 5.69 Å².